The van der Waals surface area contributed by atoms with Crippen molar-refractivity contribution in [2.24, 2.45) is 0 Å². The minimum absolute atomic E-state index is 0.0728. The summed E-state index contributed by atoms with van der Waals surface area (Å²) in [4.78, 5) is 43.5. The predicted octanol–water partition coefficient (Wildman–Crippen LogP) is 2.46. The molecular weight excluding hydrogens is 484 g/mol. The van der Waals surface area contributed by atoms with Gasteiger partial charge in [-0.2, -0.15) is 0 Å². The number of fused-ring (bicyclic) bond motifs is 1. The number of rotatable bonds is 11. The number of amides is 3. The summed E-state index contributed by atoms with van der Waals surface area (Å²) in [5, 5.41) is 7.63. The third-order valence-corrected chi connectivity index (χ3v) is 6.08. The summed E-state index contributed by atoms with van der Waals surface area (Å²) in [6.45, 7) is 0.958. The Balaban J connectivity index is 1.27. The Bertz CT molecular complexity index is 1220. The van der Waals surface area contributed by atoms with Crippen LogP contribution in [0.25, 0.3) is 0 Å². The van der Waals surface area contributed by atoms with E-state index < -0.39 is 0 Å². The molecule has 0 radical (unpaired) electrons. The number of methoxy groups -OCH3 is 1. The van der Waals surface area contributed by atoms with Crippen molar-refractivity contribution in [3.05, 3.63) is 70.7 Å². The van der Waals surface area contributed by atoms with E-state index >= 15 is 0 Å². The molecule has 1 aromatic heterocycles. The molecule has 2 N–H and O–H groups in total. The highest BCUT2D eigenvalue weighted by atomic mass is 32.1. The lowest BCUT2D eigenvalue weighted by molar-refractivity contribution is -0.120. The van der Waals surface area contributed by atoms with Crippen LogP contribution in [0, 0.1) is 0 Å². The third-order valence-electron chi connectivity index (χ3n) is 5.27. The second-order valence-electron chi connectivity index (χ2n) is 7.92. The Morgan fingerprint density at radius 2 is 1.89 bits per heavy atom. The standard InChI is InChI=1S/C25H26N4O6S/c1-33-10-9-29(24(32)18-5-3-2-4-6-18)14-23(31)28-25-27-19(15-36-25)12-22(30)26-13-17-7-8-20-21(11-17)35-16-34-20/h2-8,11,15H,9-10,12-14,16H2,1H3,(H,26,30)(H,27,28,31). The van der Waals surface area contributed by atoms with Crippen molar-refractivity contribution in [3.8, 4) is 11.5 Å². The Kier molecular flexibility index (Phi) is 8.48. The molecule has 4 rings (SSSR count). The van der Waals surface area contributed by atoms with Gasteiger partial charge in [0.2, 0.25) is 18.6 Å². The van der Waals surface area contributed by atoms with Crippen molar-refractivity contribution in [1.29, 1.82) is 0 Å². The molecule has 2 heterocycles. The monoisotopic (exact) mass is 510 g/mol. The van der Waals surface area contributed by atoms with Gasteiger partial charge in [0.1, 0.15) is 6.54 Å². The maximum Gasteiger partial charge on any atom is 0.254 e. The van der Waals surface area contributed by atoms with Crippen LogP contribution < -0.4 is 20.1 Å². The zero-order valence-electron chi connectivity index (χ0n) is 19.7. The summed E-state index contributed by atoms with van der Waals surface area (Å²) in [5.74, 6) is 0.501. The number of ether oxygens (including phenoxy) is 3. The molecule has 2 aromatic carbocycles. The molecule has 0 unspecified atom stereocenters. The highest BCUT2D eigenvalue weighted by Gasteiger charge is 2.20. The fraction of sp³-hybridized carbons (Fsp3) is 0.280. The molecule has 0 atom stereocenters. The van der Waals surface area contributed by atoms with E-state index in [2.05, 4.69) is 15.6 Å². The molecule has 36 heavy (non-hydrogen) atoms. The maximum absolute atomic E-state index is 12.8. The van der Waals surface area contributed by atoms with Gasteiger partial charge in [0.15, 0.2) is 16.6 Å². The van der Waals surface area contributed by atoms with E-state index in [-0.39, 0.29) is 44.0 Å². The van der Waals surface area contributed by atoms with Crippen LogP contribution >= 0.6 is 11.3 Å². The molecule has 10 nitrogen and oxygen atoms in total. The number of nitrogens with one attached hydrogen (secondary N) is 2. The minimum atomic E-state index is -0.386. The Morgan fingerprint density at radius 3 is 2.69 bits per heavy atom. The molecule has 1 aliphatic heterocycles. The summed E-state index contributed by atoms with van der Waals surface area (Å²) in [7, 11) is 1.54. The minimum Gasteiger partial charge on any atom is -0.454 e. The number of thiazole rings is 1. The normalized spacial score (nSPS) is 11.7. The second-order valence-corrected chi connectivity index (χ2v) is 8.78. The van der Waals surface area contributed by atoms with Crippen molar-refractivity contribution >= 4 is 34.2 Å². The lowest BCUT2D eigenvalue weighted by Gasteiger charge is -2.21. The van der Waals surface area contributed by atoms with Crippen LogP contribution in [0.1, 0.15) is 21.6 Å². The third kappa shape index (κ3) is 6.80. The number of carbonyl (C=O) groups is 3. The number of carbonyl (C=O) groups excluding carboxylic acids is 3. The molecule has 1 aliphatic rings. The Labute approximate surface area is 212 Å². The Morgan fingerprint density at radius 1 is 1.08 bits per heavy atom. The van der Waals surface area contributed by atoms with Crippen LogP contribution in [-0.2, 0) is 27.3 Å². The highest BCUT2D eigenvalue weighted by molar-refractivity contribution is 7.13. The summed E-state index contributed by atoms with van der Waals surface area (Å²) in [6.07, 6.45) is 0.0728. The van der Waals surface area contributed by atoms with E-state index in [1.54, 1.807) is 29.6 Å². The zero-order chi connectivity index (χ0) is 25.3. The van der Waals surface area contributed by atoms with E-state index in [0.29, 0.717) is 41.0 Å². The fourth-order valence-electron chi connectivity index (χ4n) is 3.47. The SMILES string of the molecule is COCCN(CC(=O)Nc1nc(CC(=O)NCc2ccc3c(c2)OCO3)cs1)C(=O)c1ccccc1. The summed E-state index contributed by atoms with van der Waals surface area (Å²) < 4.78 is 15.7. The van der Waals surface area contributed by atoms with Crippen molar-refractivity contribution < 1.29 is 28.6 Å². The smallest absolute Gasteiger partial charge is 0.254 e. The molecule has 0 saturated carbocycles. The van der Waals surface area contributed by atoms with Gasteiger partial charge < -0.3 is 29.7 Å². The topological polar surface area (TPSA) is 119 Å². The van der Waals surface area contributed by atoms with Crippen LogP contribution in [0.15, 0.2) is 53.9 Å². The number of aromatic nitrogens is 1. The first-order valence-electron chi connectivity index (χ1n) is 11.2. The lowest BCUT2D eigenvalue weighted by Crippen LogP contribution is -2.40. The van der Waals surface area contributed by atoms with Gasteiger partial charge in [-0.1, -0.05) is 24.3 Å². The first kappa shape index (κ1) is 25.1. The summed E-state index contributed by atoms with van der Waals surface area (Å²) >= 11 is 1.22. The van der Waals surface area contributed by atoms with Crippen molar-refractivity contribution in [2.75, 3.05) is 38.9 Å². The van der Waals surface area contributed by atoms with E-state index in [9.17, 15) is 14.4 Å². The average Bonchev–Trinajstić information content (AvgIpc) is 3.54. The number of nitrogens with zero attached hydrogens (tertiary/aromatic N) is 2. The van der Waals surface area contributed by atoms with E-state index in [1.807, 2.05) is 24.3 Å². The molecule has 0 aliphatic carbocycles. The van der Waals surface area contributed by atoms with Crippen LogP contribution in [0.4, 0.5) is 5.13 Å². The van der Waals surface area contributed by atoms with Gasteiger partial charge in [-0.15, -0.1) is 11.3 Å². The van der Waals surface area contributed by atoms with Crippen LogP contribution in [0.5, 0.6) is 11.5 Å². The number of anilines is 1. The summed E-state index contributed by atoms with van der Waals surface area (Å²) in [6, 6.07) is 14.3. The predicted molar refractivity (Wildman–Crippen MR) is 133 cm³/mol. The van der Waals surface area contributed by atoms with Crippen molar-refractivity contribution in [2.45, 2.75) is 13.0 Å². The average molecular weight is 511 g/mol. The van der Waals surface area contributed by atoms with E-state index in [4.69, 9.17) is 14.2 Å². The van der Waals surface area contributed by atoms with Crippen molar-refractivity contribution in [1.82, 2.24) is 15.2 Å². The van der Waals surface area contributed by atoms with Gasteiger partial charge in [-0.05, 0) is 29.8 Å². The summed E-state index contributed by atoms with van der Waals surface area (Å²) in [5.41, 5.74) is 1.92. The molecule has 3 aromatic rings. The molecule has 0 fully saturated rings. The zero-order valence-corrected chi connectivity index (χ0v) is 20.5. The van der Waals surface area contributed by atoms with Crippen LogP contribution in [-0.4, -0.2) is 61.2 Å². The van der Waals surface area contributed by atoms with Gasteiger partial charge in [0, 0.05) is 31.1 Å². The molecular formula is C25H26N4O6S. The first-order chi connectivity index (χ1) is 17.5. The molecule has 0 saturated heterocycles. The molecule has 11 heteroatoms. The van der Waals surface area contributed by atoms with Crippen LogP contribution in [0.2, 0.25) is 0 Å². The number of hydrogen-bond acceptors (Lipinski definition) is 8. The van der Waals surface area contributed by atoms with E-state index in [0.717, 1.165) is 5.56 Å². The second kappa shape index (κ2) is 12.1. The first-order valence-corrected chi connectivity index (χ1v) is 12.1. The van der Waals surface area contributed by atoms with Crippen LogP contribution in [0.3, 0.4) is 0 Å². The van der Waals surface area contributed by atoms with E-state index in [1.165, 1.54) is 23.3 Å². The Hall–Kier alpha value is -3.96. The number of benzene rings is 2. The highest BCUT2D eigenvalue weighted by Crippen LogP contribution is 2.32. The molecule has 3 amide bonds. The largest absolute Gasteiger partial charge is 0.454 e. The van der Waals surface area contributed by atoms with Gasteiger partial charge in [0.05, 0.1) is 18.7 Å². The number of hydrogen-bond donors (Lipinski definition) is 2. The fourth-order valence-corrected chi connectivity index (χ4v) is 4.20. The van der Waals surface area contributed by atoms with Crippen molar-refractivity contribution in [3.63, 3.8) is 0 Å². The van der Waals surface area contributed by atoms with Gasteiger partial charge >= 0.3 is 0 Å². The maximum atomic E-state index is 12.8. The molecule has 0 bridgehead atoms. The lowest BCUT2D eigenvalue weighted by atomic mass is 10.2. The van der Waals surface area contributed by atoms with Gasteiger partial charge in [0.25, 0.3) is 5.91 Å². The quantitative estimate of drug-likeness (QED) is 0.407. The molecule has 188 valence electrons. The van der Waals surface area contributed by atoms with Gasteiger partial charge in [-0.25, -0.2) is 4.98 Å². The van der Waals surface area contributed by atoms with Gasteiger partial charge in [-0.3, -0.25) is 14.4 Å². The molecule has 0 spiro atoms.